The van der Waals surface area contributed by atoms with E-state index in [1.807, 2.05) is 0 Å². The van der Waals surface area contributed by atoms with Crippen LogP contribution < -0.4 is 20.1 Å². The van der Waals surface area contributed by atoms with Crippen molar-refractivity contribution in [2.75, 3.05) is 23.1 Å². The molecule has 9 nitrogen and oxygen atoms in total. The van der Waals surface area contributed by atoms with Gasteiger partial charge in [-0.2, -0.15) is 4.39 Å². The molecule has 3 atom stereocenters. The number of nitrogens with zero attached hydrogens (tertiary/aromatic N) is 3. The minimum Gasteiger partial charge on any atom is -0.435 e. The van der Waals surface area contributed by atoms with Crippen molar-refractivity contribution in [2.45, 2.75) is 31.3 Å². The number of sulfonamides is 1. The van der Waals surface area contributed by atoms with Gasteiger partial charge in [-0.1, -0.05) is 30.3 Å². The number of rotatable bonds is 10. The molecule has 0 bridgehead atoms. The second kappa shape index (κ2) is 12.9. The quantitative estimate of drug-likeness (QED) is 0.159. The van der Waals surface area contributed by atoms with Crippen LogP contribution in [-0.4, -0.2) is 48.7 Å². The molecule has 226 valence electrons. The molecule has 5 rings (SSSR count). The SMILES string of the molecule is CC(F)C1CNCC(Nc2nccc(-c3cccnc3Oc3cc(F)c(NS(=O)(=O)Cc4ccccc4)c(F)c3F)n2)C1. The van der Waals surface area contributed by atoms with Crippen LogP contribution in [0.15, 0.2) is 67.0 Å². The molecule has 1 aliphatic rings. The second-order valence-electron chi connectivity index (χ2n) is 10.1. The number of aromatic nitrogens is 3. The Hall–Kier alpha value is -4.30. The fourth-order valence-electron chi connectivity index (χ4n) is 4.69. The van der Waals surface area contributed by atoms with Crippen molar-refractivity contribution in [1.29, 1.82) is 0 Å². The van der Waals surface area contributed by atoms with Crippen LogP contribution in [0.3, 0.4) is 0 Å². The maximum absolute atomic E-state index is 15.1. The van der Waals surface area contributed by atoms with E-state index in [0.717, 1.165) is 0 Å². The molecule has 1 aliphatic heterocycles. The van der Waals surface area contributed by atoms with Crippen LogP contribution in [0.25, 0.3) is 11.3 Å². The Kier molecular flexibility index (Phi) is 9.06. The summed E-state index contributed by atoms with van der Waals surface area (Å²) >= 11 is 0. The highest BCUT2D eigenvalue weighted by molar-refractivity contribution is 7.91. The van der Waals surface area contributed by atoms with Crippen LogP contribution in [0.2, 0.25) is 0 Å². The van der Waals surface area contributed by atoms with E-state index in [4.69, 9.17) is 4.74 Å². The third kappa shape index (κ3) is 7.38. The first-order valence-electron chi connectivity index (χ1n) is 13.4. The van der Waals surface area contributed by atoms with Crippen molar-refractivity contribution < 1.29 is 30.7 Å². The number of pyridine rings is 1. The Bertz CT molecular complexity index is 1700. The fourth-order valence-corrected chi connectivity index (χ4v) is 5.90. The summed E-state index contributed by atoms with van der Waals surface area (Å²) in [6.07, 6.45) is 2.41. The van der Waals surface area contributed by atoms with E-state index in [-0.39, 0.29) is 29.4 Å². The molecular formula is C29H28F4N6O3S. The lowest BCUT2D eigenvalue weighted by molar-refractivity contribution is 0.202. The van der Waals surface area contributed by atoms with E-state index in [9.17, 15) is 21.6 Å². The number of alkyl halides is 1. The van der Waals surface area contributed by atoms with Crippen molar-refractivity contribution in [1.82, 2.24) is 20.3 Å². The van der Waals surface area contributed by atoms with E-state index < -0.39 is 50.8 Å². The Labute approximate surface area is 245 Å². The Morgan fingerprint density at radius 1 is 1.02 bits per heavy atom. The zero-order valence-corrected chi connectivity index (χ0v) is 23.7. The summed E-state index contributed by atoms with van der Waals surface area (Å²) in [5.74, 6) is -6.34. The highest BCUT2D eigenvalue weighted by Crippen LogP contribution is 2.36. The van der Waals surface area contributed by atoms with Gasteiger partial charge in [0, 0.05) is 43.5 Å². The predicted octanol–water partition coefficient (Wildman–Crippen LogP) is 5.44. The maximum Gasteiger partial charge on any atom is 0.237 e. The van der Waals surface area contributed by atoms with Gasteiger partial charge in [-0.25, -0.2) is 36.5 Å². The lowest BCUT2D eigenvalue weighted by Crippen LogP contribution is -2.45. The molecule has 3 N–H and O–H groups in total. The highest BCUT2D eigenvalue weighted by Gasteiger charge is 2.27. The van der Waals surface area contributed by atoms with Crippen LogP contribution in [0.1, 0.15) is 18.9 Å². The first kappa shape index (κ1) is 30.2. The largest absolute Gasteiger partial charge is 0.435 e. The fraction of sp³-hybridized carbons (Fsp3) is 0.276. The Balaban J connectivity index is 1.36. The van der Waals surface area contributed by atoms with Gasteiger partial charge in [0.1, 0.15) is 11.9 Å². The second-order valence-corrected chi connectivity index (χ2v) is 11.8. The number of ether oxygens (including phenoxy) is 1. The molecule has 0 saturated carbocycles. The van der Waals surface area contributed by atoms with Crippen molar-refractivity contribution >= 4 is 21.7 Å². The van der Waals surface area contributed by atoms with Crippen LogP contribution in [0.4, 0.5) is 29.2 Å². The number of halogens is 4. The van der Waals surface area contributed by atoms with Gasteiger partial charge in [-0.3, -0.25) is 4.72 Å². The molecule has 1 saturated heterocycles. The van der Waals surface area contributed by atoms with Crippen molar-refractivity contribution in [3.8, 4) is 22.9 Å². The van der Waals surface area contributed by atoms with E-state index in [2.05, 4.69) is 25.6 Å². The van der Waals surface area contributed by atoms with Gasteiger partial charge in [0.05, 0.1) is 17.0 Å². The van der Waals surface area contributed by atoms with Crippen molar-refractivity contribution in [3.05, 3.63) is 90.0 Å². The highest BCUT2D eigenvalue weighted by atomic mass is 32.2. The summed E-state index contributed by atoms with van der Waals surface area (Å²) in [6.45, 7) is 2.69. The normalized spacial score (nSPS) is 17.7. The molecule has 43 heavy (non-hydrogen) atoms. The average Bonchev–Trinajstić information content (AvgIpc) is 2.99. The predicted molar refractivity (Wildman–Crippen MR) is 153 cm³/mol. The van der Waals surface area contributed by atoms with E-state index in [1.54, 1.807) is 41.1 Å². The van der Waals surface area contributed by atoms with Crippen LogP contribution in [0, 0.1) is 23.4 Å². The summed E-state index contributed by atoms with van der Waals surface area (Å²) < 4.78 is 91.1. The minimum absolute atomic E-state index is 0.125. The lowest BCUT2D eigenvalue weighted by atomic mass is 9.92. The van der Waals surface area contributed by atoms with E-state index in [1.165, 1.54) is 31.5 Å². The summed E-state index contributed by atoms with van der Waals surface area (Å²) in [7, 11) is -4.28. The number of nitrogens with one attached hydrogen (secondary N) is 3. The molecular weight excluding hydrogens is 588 g/mol. The molecule has 3 heterocycles. The summed E-state index contributed by atoms with van der Waals surface area (Å²) in [5.41, 5.74) is -0.227. The van der Waals surface area contributed by atoms with E-state index >= 15 is 4.39 Å². The molecule has 3 unspecified atom stereocenters. The monoisotopic (exact) mass is 616 g/mol. The number of hydrogen-bond donors (Lipinski definition) is 3. The van der Waals surface area contributed by atoms with E-state index in [0.29, 0.717) is 36.8 Å². The van der Waals surface area contributed by atoms with Crippen molar-refractivity contribution in [3.63, 3.8) is 0 Å². The molecule has 4 aromatic rings. The van der Waals surface area contributed by atoms with Crippen LogP contribution >= 0.6 is 0 Å². The smallest absolute Gasteiger partial charge is 0.237 e. The summed E-state index contributed by atoms with van der Waals surface area (Å²) in [4.78, 5) is 12.8. The average molecular weight is 617 g/mol. The standard InChI is InChI=1S/C29H28F4N6O3S/c1-17(30)19-12-20(15-34-14-19)37-29-36-11-9-23(38-29)21-8-5-10-35-28(21)42-24-13-22(31)27(26(33)25(24)32)39-43(40,41)16-18-6-3-2-4-7-18/h2-11,13,17,19-20,34,39H,12,14-16H2,1H3,(H,36,37,38). The van der Waals surface area contributed by atoms with Gasteiger partial charge < -0.3 is 15.4 Å². The van der Waals surface area contributed by atoms with Crippen molar-refractivity contribution in [2.24, 2.45) is 5.92 Å². The minimum atomic E-state index is -4.28. The molecule has 0 amide bonds. The first-order valence-corrected chi connectivity index (χ1v) is 15.0. The molecule has 0 radical (unpaired) electrons. The van der Waals surface area contributed by atoms with Crippen LogP contribution in [0.5, 0.6) is 11.6 Å². The molecule has 1 fully saturated rings. The number of anilines is 2. The molecule has 0 spiro atoms. The number of hydrogen-bond acceptors (Lipinski definition) is 8. The third-order valence-electron chi connectivity index (χ3n) is 6.86. The van der Waals surface area contributed by atoms with Gasteiger partial charge in [-0.15, -0.1) is 0 Å². The molecule has 14 heteroatoms. The number of benzene rings is 2. The van der Waals surface area contributed by atoms with Gasteiger partial charge in [0.25, 0.3) is 0 Å². The topological polar surface area (TPSA) is 118 Å². The third-order valence-corrected chi connectivity index (χ3v) is 8.09. The Morgan fingerprint density at radius 3 is 2.58 bits per heavy atom. The summed E-state index contributed by atoms with van der Waals surface area (Å²) in [5, 5.41) is 6.37. The van der Waals surface area contributed by atoms with Gasteiger partial charge in [-0.05, 0) is 37.1 Å². The van der Waals surface area contributed by atoms with Gasteiger partial charge >= 0.3 is 0 Å². The lowest BCUT2D eigenvalue weighted by Gasteiger charge is -2.31. The zero-order chi connectivity index (χ0) is 30.6. The molecule has 2 aromatic carbocycles. The Morgan fingerprint density at radius 2 is 1.81 bits per heavy atom. The van der Waals surface area contributed by atoms with Crippen LogP contribution in [-0.2, 0) is 15.8 Å². The zero-order valence-electron chi connectivity index (χ0n) is 22.9. The van der Waals surface area contributed by atoms with Gasteiger partial charge in [0.15, 0.2) is 17.4 Å². The maximum atomic E-state index is 15.1. The molecule has 0 aliphatic carbocycles. The number of piperidine rings is 1. The van der Waals surface area contributed by atoms with Gasteiger partial charge in [0.2, 0.25) is 27.7 Å². The first-order chi connectivity index (χ1) is 20.6. The molecule has 2 aromatic heterocycles. The summed E-state index contributed by atoms with van der Waals surface area (Å²) in [6, 6.07) is 13.0.